The summed E-state index contributed by atoms with van der Waals surface area (Å²) in [5.41, 5.74) is 4.61. The number of ketones is 1. The summed E-state index contributed by atoms with van der Waals surface area (Å²) >= 11 is 0. The Morgan fingerprint density at radius 3 is 2.14 bits per heavy atom. The highest BCUT2D eigenvalue weighted by Gasteiger charge is 2.47. The van der Waals surface area contributed by atoms with Crippen molar-refractivity contribution in [3.63, 3.8) is 0 Å². The van der Waals surface area contributed by atoms with E-state index in [0.717, 1.165) is 35.3 Å². The molecule has 0 fully saturated rings. The molecule has 7 heteroatoms. The molecular formula is C37H58O6Si. The fourth-order valence-electron chi connectivity index (χ4n) is 6.66. The normalized spacial score (nSPS) is 24.2. The quantitative estimate of drug-likeness (QED) is 0.106. The molecule has 0 radical (unpaired) electrons. The minimum absolute atomic E-state index is 0.0538. The summed E-state index contributed by atoms with van der Waals surface area (Å²) in [6, 6.07) is 7.79. The topological polar surface area (TPSA) is 71.1 Å². The van der Waals surface area contributed by atoms with E-state index < -0.39 is 20.2 Å². The molecule has 1 aromatic carbocycles. The molecule has 1 aliphatic carbocycles. The minimum Gasteiger partial charge on any atom is -0.497 e. The minimum atomic E-state index is -2.13. The number of Topliss-reactive ketones (excluding diaryl/α,β-unsaturated/α-hetero) is 1. The van der Waals surface area contributed by atoms with E-state index in [1.54, 1.807) is 7.11 Å². The Hall–Kier alpha value is -2.48. The Morgan fingerprint density at radius 2 is 1.57 bits per heavy atom. The maximum Gasteiger partial charge on any atom is 0.316 e. The zero-order valence-electron chi connectivity index (χ0n) is 29.0. The third kappa shape index (κ3) is 10.6. The van der Waals surface area contributed by atoms with Crippen LogP contribution in [-0.2, 0) is 30.1 Å². The van der Waals surface area contributed by atoms with Crippen LogP contribution in [0.4, 0.5) is 0 Å². The third-order valence-electron chi connectivity index (χ3n) is 9.30. The van der Waals surface area contributed by atoms with E-state index in [0.29, 0.717) is 42.7 Å². The van der Waals surface area contributed by atoms with Gasteiger partial charge in [-0.05, 0) is 78.4 Å². The highest BCUT2D eigenvalue weighted by atomic mass is 28.4. The van der Waals surface area contributed by atoms with Gasteiger partial charge < -0.3 is 18.6 Å². The molecule has 0 bridgehead atoms. The van der Waals surface area contributed by atoms with Gasteiger partial charge in [-0.25, -0.2) is 0 Å². The number of hydrogen-bond acceptors (Lipinski definition) is 6. The molecule has 1 aromatic rings. The molecule has 0 saturated heterocycles. The second kappa shape index (κ2) is 18.5. The standard InChI is InChI=1S/C37H58O6Si/c1-26(2)44(27(3)4,28(5)6)43-36-22-17-29(7)32(25-42-24-31-18-20-33(40-9)21-19-31)23-34(37(39)41-10)35(38)16-14-12-11-13-15-30(36)8/h11-13,15,18-21,26-28,30,34,36H,14,16-17,22-25H2,1-10H3/b12-11-,15-13+,32-29+/t30-,34?,36-/m0/s1. The van der Waals surface area contributed by atoms with E-state index in [1.807, 2.05) is 36.4 Å². The van der Waals surface area contributed by atoms with Crippen LogP contribution in [0.5, 0.6) is 5.75 Å². The van der Waals surface area contributed by atoms with Gasteiger partial charge in [0.05, 0.1) is 33.5 Å². The predicted octanol–water partition coefficient (Wildman–Crippen LogP) is 9.16. The summed E-state index contributed by atoms with van der Waals surface area (Å²) in [5.74, 6) is -0.418. The van der Waals surface area contributed by atoms with Gasteiger partial charge in [-0.3, -0.25) is 9.59 Å². The lowest BCUT2D eigenvalue weighted by atomic mass is 9.89. The first kappa shape index (κ1) is 37.7. The molecule has 0 spiro atoms. The van der Waals surface area contributed by atoms with Crippen molar-refractivity contribution in [1.82, 2.24) is 0 Å². The van der Waals surface area contributed by atoms with Crippen LogP contribution in [0.2, 0.25) is 16.6 Å². The molecule has 0 amide bonds. The predicted molar refractivity (Wildman–Crippen MR) is 182 cm³/mol. The van der Waals surface area contributed by atoms with Crippen molar-refractivity contribution >= 4 is 20.1 Å². The lowest BCUT2D eigenvalue weighted by molar-refractivity contribution is -0.149. The van der Waals surface area contributed by atoms with Crippen LogP contribution < -0.4 is 4.74 Å². The second-order valence-electron chi connectivity index (χ2n) is 13.2. The zero-order chi connectivity index (χ0) is 32.9. The molecule has 0 N–H and O–H groups in total. The Morgan fingerprint density at radius 1 is 0.932 bits per heavy atom. The van der Waals surface area contributed by atoms with E-state index in [2.05, 4.69) is 67.5 Å². The molecule has 1 aliphatic rings. The highest BCUT2D eigenvalue weighted by molar-refractivity contribution is 6.77. The lowest BCUT2D eigenvalue weighted by Crippen LogP contribution is -2.51. The third-order valence-corrected chi connectivity index (χ3v) is 15.4. The SMILES string of the molecule is COC(=O)C1C/C(COCc2ccc(OC)cc2)=C(/C)CC[C@H](O[Si](C(C)C)(C(C)C)C(C)C)[C@@H](C)/C=C/C=C\CCC1=O. The van der Waals surface area contributed by atoms with Crippen molar-refractivity contribution in [1.29, 1.82) is 0 Å². The summed E-state index contributed by atoms with van der Waals surface area (Å²) in [5, 5.41) is 0. The van der Waals surface area contributed by atoms with Gasteiger partial charge in [0.2, 0.25) is 8.32 Å². The Bertz CT molecular complexity index is 1110. The molecule has 6 nitrogen and oxygen atoms in total. The van der Waals surface area contributed by atoms with Crippen molar-refractivity contribution in [2.75, 3.05) is 20.8 Å². The maximum absolute atomic E-state index is 13.3. The molecule has 0 heterocycles. The first-order valence-corrected chi connectivity index (χ1v) is 18.5. The van der Waals surface area contributed by atoms with Gasteiger partial charge in [0.25, 0.3) is 0 Å². The number of ether oxygens (including phenoxy) is 3. The van der Waals surface area contributed by atoms with Crippen LogP contribution in [0.15, 0.2) is 59.7 Å². The molecular weight excluding hydrogens is 568 g/mol. The van der Waals surface area contributed by atoms with Crippen LogP contribution >= 0.6 is 0 Å². The summed E-state index contributed by atoms with van der Waals surface area (Å²) in [6.07, 6.45) is 11.2. The average molecular weight is 627 g/mol. The summed E-state index contributed by atoms with van der Waals surface area (Å²) in [4.78, 5) is 26.1. The smallest absolute Gasteiger partial charge is 0.316 e. The van der Waals surface area contributed by atoms with Crippen LogP contribution in [0.3, 0.4) is 0 Å². The van der Waals surface area contributed by atoms with Crippen LogP contribution in [0.1, 0.15) is 93.1 Å². The molecule has 0 aliphatic heterocycles. The van der Waals surface area contributed by atoms with Crippen LogP contribution in [0.25, 0.3) is 0 Å². The second-order valence-corrected chi connectivity index (χ2v) is 18.6. The van der Waals surface area contributed by atoms with Gasteiger partial charge >= 0.3 is 5.97 Å². The number of benzene rings is 1. The average Bonchev–Trinajstić information content (AvgIpc) is 2.99. The monoisotopic (exact) mass is 626 g/mol. The van der Waals surface area contributed by atoms with Crippen molar-refractivity contribution in [2.45, 2.75) is 117 Å². The van der Waals surface area contributed by atoms with Gasteiger partial charge in [-0.1, -0.05) is 90.5 Å². The molecule has 0 saturated carbocycles. The lowest BCUT2D eigenvalue weighted by Gasteiger charge is -2.45. The van der Waals surface area contributed by atoms with E-state index in [4.69, 9.17) is 18.6 Å². The van der Waals surface area contributed by atoms with Crippen molar-refractivity contribution < 1.29 is 28.2 Å². The summed E-state index contributed by atoms with van der Waals surface area (Å²) < 4.78 is 23.9. The first-order chi connectivity index (χ1) is 20.9. The van der Waals surface area contributed by atoms with Crippen molar-refractivity contribution in [3.8, 4) is 5.75 Å². The number of rotatable bonds is 11. The van der Waals surface area contributed by atoms with E-state index in [1.165, 1.54) is 7.11 Å². The number of esters is 1. The fourth-order valence-corrected chi connectivity index (χ4v) is 12.3. The number of allylic oxidation sites excluding steroid dienone is 4. The van der Waals surface area contributed by atoms with Crippen LogP contribution in [0, 0.1) is 11.8 Å². The van der Waals surface area contributed by atoms with Crippen molar-refractivity contribution in [3.05, 3.63) is 65.3 Å². The molecule has 2 rings (SSSR count). The van der Waals surface area contributed by atoms with Gasteiger partial charge in [0.1, 0.15) is 17.5 Å². The van der Waals surface area contributed by atoms with E-state index in [-0.39, 0.29) is 24.2 Å². The summed E-state index contributed by atoms with van der Waals surface area (Å²) in [6.45, 7) is 19.1. The number of carbonyl (C=O) groups excluding carboxylic acids is 2. The molecule has 246 valence electrons. The maximum atomic E-state index is 13.3. The first-order valence-electron chi connectivity index (χ1n) is 16.4. The van der Waals surface area contributed by atoms with Crippen molar-refractivity contribution in [2.24, 2.45) is 11.8 Å². The fraction of sp³-hybridized carbons (Fsp3) is 0.622. The zero-order valence-corrected chi connectivity index (χ0v) is 30.0. The largest absolute Gasteiger partial charge is 0.497 e. The van der Waals surface area contributed by atoms with Gasteiger partial charge in [0.15, 0.2) is 0 Å². The molecule has 44 heavy (non-hydrogen) atoms. The van der Waals surface area contributed by atoms with E-state index >= 15 is 0 Å². The van der Waals surface area contributed by atoms with Gasteiger partial charge in [-0.2, -0.15) is 0 Å². The Labute approximate surface area is 268 Å². The molecule has 0 aromatic heterocycles. The van der Waals surface area contributed by atoms with Crippen LogP contribution in [-0.4, -0.2) is 47.0 Å². The Balaban J connectivity index is 2.46. The van der Waals surface area contributed by atoms with Gasteiger partial charge in [-0.15, -0.1) is 0 Å². The summed E-state index contributed by atoms with van der Waals surface area (Å²) in [7, 11) is 0.873. The number of hydrogen-bond donors (Lipinski definition) is 0. The number of methoxy groups -OCH3 is 2. The molecule has 3 atom stereocenters. The van der Waals surface area contributed by atoms with Gasteiger partial charge in [0, 0.05) is 6.42 Å². The molecule has 1 unspecified atom stereocenters. The number of carbonyl (C=O) groups is 2. The van der Waals surface area contributed by atoms with E-state index in [9.17, 15) is 9.59 Å². The Kier molecular flexibility index (Phi) is 15.8. The highest BCUT2D eigenvalue weighted by Crippen LogP contribution is 2.44.